The zero-order chi connectivity index (χ0) is 29.6. The molecule has 0 spiro atoms. The van der Waals surface area contributed by atoms with Crippen molar-refractivity contribution in [3.8, 4) is 0 Å². The van der Waals surface area contributed by atoms with Gasteiger partial charge in [-0.05, 0) is 43.0 Å². The van der Waals surface area contributed by atoms with Crippen LogP contribution in [0.4, 0.5) is 45.0 Å². The normalized spacial score (nSPS) is 23.7. The maximum absolute atomic E-state index is 15.5. The van der Waals surface area contributed by atoms with Crippen LogP contribution in [0.15, 0.2) is 30.3 Å². The number of pyridine rings is 1. The largest absolute Gasteiger partial charge is 0.395 e. The Bertz CT molecular complexity index is 1420. The molecule has 2 atom stereocenters. The van der Waals surface area contributed by atoms with E-state index in [-0.39, 0.29) is 68.6 Å². The first-order valence-electron chi connectivity index (χ1n) is 13.2. The highest BCUT2D eigenvalue weighted by Crippen LogP contribution is 2.62. The lowest BCUT2D eigenvalue weighted by molar-refractivity contribution is -0.0221. The Morgan fingerprint density at radius 2 is 1.83 bits per heavy atom. The summed E-state index contributed by atoms with van der Waals surface area (Å²) in [5.41, 5.74) is -1.69. The van der Waals surface area contributed by atoms with E-state index in [1.54, 1.807) is 21.9 Å². The molecule has 2 aliphatic heterocycles. The molecule has 1 saturated carbocycles. The molecule has 224 valence electrons. The Morgan fingerprint density at radius 3 is 2.49 bits per heavy atom. The molecule has 3 N–H and O–H groups in total. The van der Waals surface area contributed by atoms with Crippen LogP contribution in [-0.2, 0) is 10.0 Å². The number of aromatic nitrogens is 1. The number of nitrogens with one attached hydrogen (secondary N) is 2. The number of hydrogen-bond donors (Lipinski definition) is 3. The summed E-state index contributed by atoms with van der Waals surface area (Å²) in [7, 11) is -4.02. The minimum absolute atomic E-state index is 0.0216. The van der Waals surface area contributed by atoms with E-state index >= 15 is 4.39 Å². The van der Waals surface area contributed by atoms with E-state index in [9.17, 15) is 30.8 Å². The van der Waals surface area contributed by atoms with Gasteiger partial charge in [0.25, 0.3) is 11.8 Å². The third kappa shape index (κ3) is 6.20. The van der Waals surface area contributed by atoms with E-state index < -0.39 is 57.4 Å². The van der Waals surface area contributed by atoms with Crippen molar-refractivity contribution in [2.24, 2.45) is 11.3 Å². The lowest BCUT2D eigenvalue weighted by atomic mass is 9.94. The summed E-state index contributed by atoms with van der Waals surface area (Å²) >= 11 is 0. The fourth-order valence-corrected chi connectivity index (χ4v) is 6.45. The zero-order valence-electron chi connectivity index (χ0n) is 21.9. The third-order valence-electron chi connectivity index (χ3n) is 8.07. The van der Waals surface area contributed by atoms with E-state index in [2.05, 4.69) is 15.0 Å². The van der Waals surface area contributed by atoms with Gasteiger partial charge in [-0.2, -0.15) is 0 Å². The van der Waals surface area contributed by atoms with Crippen LogP contribution in [0.2, 0.25) is 0 Å². The molecule has 2 aromatic rings. The predicted molar refractivity (Wildman–Crippen MR) is 143 cm³/mol. The molecule has 1 aliphatic carbocycles. The number of aliphatic hydroxyl groups is 1. The lowest BCUT2D eigenvalue weighted by Gasteiger charge is -2.34. The number of hydrogen-bond acceptors (Lipinski definition) is 7. The first-order chi connectivity index (χ1) is 19.3. The van der Waals surface area contributed by atoms with Crippen molar-refractivity contribution in [1.29, 1.82) is 0 Å². The first kappa shape index (κ1) is 29.3. The predicted octanol–water partition coefficient (Wildman–Crippen LogP) is 3.92. The van der Waals surface area contributed by atoms with Crippen molar-refractivity contribution in [2.75, 3.05) is 58.4 Å². The van der Waals surface area contributed by atoms with Gasteiger partial charge in [-0.3, -0.25) is 9.52 Å². The van der Waals surface area contributed by atoms with Crippen molar-refractivity contribution in [2.45, 2.75) is 38.0 Å². The van der Waals surface area contributed by atoms with Gasteiger partial charge in [0.15, 0.2) is 0 Å². The maximum atomic E-state index is 15.5. The topological polar surface area (TPSA) is 115 Å². The number of anilines is 4. The summed E-state index contributed by atoms with van der Waals surface area (Å²) in [4.78, 5) is 21.0. The summed E-state index contributed by atoms with van der Waals surface area (Å²) in [6.45, 7) is -0.300. The minimum atomic E-state index is -4.02. The van der Waals surface area contributed by atoms with Gasteiger partial charge in [0.1, 0.15) is 17.5 Å². The van der Waals surface area contributed by atoms with Crippen LogP contribution in [0.5, 0.6) is 0 Å². The number of carbonyl (C=O) groups is 1. The highest BCUT2D eigenvalue weighted by atomic mass is 32.2. The molecule has 1 amide bonds. The number of sulfonamides is 1. The van der Waals surface area contributed by atoms with Gasteiger partial charge in [0, 0.05) is 44.4 Å². The molecular weight excluding hydrogens is 573 g/mol. The van der Waals surface area contributed by atoms with E-state index in [0.717, 1.165) is 6.07 Å². The Balaban J connectivity index is 1.42. The smallest absolute Gasteiger partial charge is 0.261 e. The molecule has 0 bridgehead atoms. The standard InChI is InChI=1S/C26H30F5N5O4S/c27-18-12-17(34-41(39,40)11-10-37)13-19(36-7-4-25(24(28)29)14-16(25)15-36)22(18)23(38)33-20-2-1-3-21(32-20)35-8-5-26(30,31)6-9-35/h1-3,12-13,16,24,34,37H,4-11,14-15H2,(H,32,33,38)/t16-,25+/m1/s1. The number of nitrogens with zero attached hydrogens (tertiary/aromatic N) is 3. The van der Waals surface area contributed by atoms with Crippen LogP contribution in [0.1, 0.15) is 36.0 Å². The summed E-state index contributed by atoms with van der Waals surface area (Å²) < 4.78 is 96.5. The molecule has 3 aliphatic rings. The molecule has 41 heavy (non-hydrogen) atoms. The second kappa shape index (κ2) is 10.9. The monoisotopic (exact) mass is 603 g/mol. The number of halogens is 5. The third-order valence-corrected chi connectivity index (χ3v) is 9.33. The highest BCUT2D eigenvalue weighted by molar-refractivity contribution is 7.92. The number of rotatable bonds is 9. The summed E-state index contributed by atoms with van der Waals surface area (Å²) in [6.07, 6.45) is -2.75. The van der Waals surface area contributed by atoms with Gasteiger partial charge in [0.2, 0.25) is 16.4 Å². The number of benzene rings is 1. The molecule has 0 unspecified atom stereocenters. The molecule has 9 nitrogen and oxygen atoms in total. The quantitative estimate of drug-likeness (QED) is 0.373. The van der Waals surface area contributed by atoms with Gasteiger partial charge in [-0.1, -0.05) is 6.07 Å². The van der Waals surface area contributed by atoms with Crippen molar-refractivity contribution in [1.82, 2.24) is 4.98 Å². The van der Waals surface area contributed by atoms with Crippen LogP contribution < -0.4 is 19.8 Å². The Labute approximate surface area is 233 Å². The molecular formula is C26H30F5N5O4S. The first-order valence-corrected chi connectivity index (χ1v) is 14.9. The number of piperidine rings is 2. The molecule has 15 heteroatoms. The number of aliphatic hydroxyl groups excluding tert-OH is 1. The zero-order valence-corrected chi connectivity index (χ0v) is 22.7. The molecule has 5 rings (SSSR count). The molecule has 1 aromatic carbocycles. The van der Waals surface area contributed by atoms with Crippen molar-refractivity contribution in [3.05, 3.63) is 41.7 Å². The maximum Gasteiger partial charge on any atom is 0.261 e. The van der Waals surface area contributed by atoms with Crippen LogP contribution in [0.3, 0.4) is 0 Å². The van der Waals surface area contributed by atoms with Crippen LogP contribution in [0, 0.1) is 17.2 Å². The minimum Gasteiger partial charge on any atom is -0.395 e. The SMILES string of the molecule is O=C(Nc1cccc(N2CCC(F)(F)CC2)n1)c1c(F)cc(NS(=O)(=O)CCO)cc1N1CC[C@]2(C(F)F)C[C@@H]2C1. The summed E-state index contributed by atoms with van der Waals surface area (Å²) in [6, 6.07) is 6.73. The molecule has 2 saturated heterocycles. The van der Waals surface area contributed by atoms with Gasteiger partial charge >= 0.3 is 0 Å². The molecule has 3 heterocycles. The Hall–Kier alpha value is -3.20. The fraction of sp³-hybridized carbons (Fsp3) is 0.538. The van der Waals surface area contributed by atoms with Gasteiger partial charge < -0.3 is 20.2 Å². The second-order valence-electron chi connectivity index (χ2n) is 10.8. The number of amides is 1. The van der Waals surface area contributed by atoms with Crippen molar-refractivity contribution >= 4 is 38.9 Å². The summed E-state index contributed by atoms with van der Waals surface area (Å²) in [5.74, 6) is -5.30. The van der Waals surface area contributed by atoms with Crippen LogP contribution >= 0.6 is 0 Å². The summed E-state index contributed by atoms with van der Waals surface area (Å²) in [5, 5.41) is 11.5. The average molecular weight is 604 g/mol. The molecule has 3 fully saturated rings. The van der Waals surface area contributed by atoms with E-state index in [0.29, 0.717) is 12.2 Å². The highest BCUT2D eigenvalue weighted by Gasteiger charge is 2.62. The van der Waals surface area contributed by atoms with E-state index in [1.807, 2.05) is 0 Å². The Morgan fingerprint density at radius 1 is 1.12 bits per heavy atom. The van der Waals surface area contributed by atoms with Gasteiger partial charge in [-0.25, -0.2) is 35.4 Å². The van der Waals surface area contributed by atoms with Crippen LogP contribution in [-0.4, -0.2) is 75.3 Å². The number of fused-ring (bicyclic) bond motifs is 1. The lowest BCUT2D eigenvalue weighted by Crippen LogP contribution is -2.39. The second-order valence-corrected chi connectivity index (χ2v) is 12.6. The molecule has 1 aromatic heterocycles. The average Bonchev–Trinajstić information content (AvgIpc) is 3.63. The van der Waals surface area contributed by atoms with Gasteiger partial charge in [0.05, 0.1) is 29.3 Å². The number of carbonyl (C=O) groups excluding carboxylic acids is 1. The fourth-order valence-electron chi connectivity index (χ4n) is 5.63. The van der Waals surface area contributed by atoms with Crippen LogP contribution in [0.25, 0.3) is 0 Å². The van der Waals surface area contributed by atoms with E-state index in [1.165, 1.54) is 12.1 Å². The number of alkyl halides is 4. The Kier molecular flexibility index (Phi) is 7.78. The van der Waals surface area contributed by atoms with E-state index in [4.69, 9.17) is 5.11 Å². The van der Waals surface area contributed by atoms with Crippen molar-refractivity contribution < 1.29 is 40.3 Å². The van der Waals surface area contributed by atoms with Gasteiger partial charge in [-0.15, -0.1) is 0 Å². The van der Waals surface area contributed by atoms with Crippen molar-refractivity contribution in [3.63, 3.8) is 0 Å². The molecule has 0 radical (unpaired) electrons.